The van der Waals surface area contributed by atoms with Crippen LogP contribution < -0.4 is 5.32 Å². The van der Waals surface area contributed by atoms with Crippen molar-refractivity contribution in [1.29, 1.82) is 0 Å². The van der Waals surface area contributed by atoms with Gasteiger partial charge in [0.25, 0.3) is 5.91 Å². The van der Waals surface area contributed by atoms with Gasteiger partial charge < -0.3 is 9.47 Å². The maximum absolute atomic E-state index is 16.9. The predicted molar refractivity (Wildman–Crippen MR) is 221 cm³/mol. The minimum absolute atomic E-state index is 0.0135. The number of ether oxygens (including phenoxy) is 2. The largest absolute Gasteiger partial charge is 0.463 e. The van der Waals surface area contributed by atoms with Gasteiger partial charge in [0.2, 0.25) is 5.96 Å². The minimum Gasteiger partial charge on any atom is -0.463 e. The fourth-order valence-electron chi connectivity index (χ4n) is 7.90. The molecule has 0 spiro atoms. The van der Waals surface area contributed by atoms with E-state index in [0.29, 0.717) is 16.8 Å². The van der Waals surface area contributed by atoms with Crippen molar-refractivity contribution in [2.24, 2.45) is 15.8 Å². The zero-order valence-corrected chi connectivity index (χ0v) is 35.9. The van der Waals surface area contributed by atoms with Gasteiger partial charge in [-0.1, -0.05) is 80.9 Å². The lowest BCUT2D eigenvalue weighted by molar-refractivity contribution is -0.195. The molecule has 1 N–H and O–H groups in total. The number of nitrogens with zero attached hydrogens (tertiary/aromatic N) is 8. The molecule has 14 nitrogen and oxygen atoms in total. The van der Waals surface area contributed by atoms with Crippen molar-refractivity contribution in [1.82, 2.24) is 40.0 Å². The lowest BCUT2D eigenvalue weighted by atomic mass is 9.75. The van der Waals surface area contributed by atoms with Gasteiger partial charge in [0.05, 0.1) is 35.1 Å². The Hall–Kier alpha value is -6.31. The molecule has 3 aliphatic rings. The molecule has 2 atom stereocenters. The Morgan fingerprint density at radius 3 is 2.37 bits per heavy atom. The molecule has 65 heavy (non-hydrogen) atoms. The molecule has 2 aromatic heterocycles. The van der Waals surface area contributed by atoms with E-state index in [1.807, 2.05) is 0 Å². The van der Waals surface area contributed by atoms with E-state index in [1.54, 1.807) is 62.0 Å². The Labute approximate surface area is 373 Å². The highest BCUT2D eigenvalue weighted by Gasteiger charge is 2.64. The number of alkyl carbamates (subject to hydrolysis) is 1. The second-order valence-corrected chi connectivity index (χ2v) is 18.0. The third-order valence-electron chi connectivity index (χ3n) is 11.4. The summed E-state index contributed by atoms with van der Waals surface area (Å²) in [4.78, 5) is 53.8. The second-order valence-electron chi connectivity index (χ2n) is 17.6. The highest BCUT2D eigenvalue weighted by atomic mass is 35.5. The summed E-state index contributed by atoms with van der Waals surface area (Å²) < 4.78 is 98.4. The molecule has 21 heteroatoms. The van der Waals surface area contributed by atoms with Gasteiger partial charge in [0, 0.05) is 16.7 Å². The molecular weight excluding hydrogens is 884 g/mol. The molecule has 1 aliphatic heterocycles. The summed E-state index contributed by atoms with van der Waals surface area (Å²) in [5.74, 6) is -3.97. The number of hydrogen-bond acceptors (Lipinski definition) is 10. The average Bonchev–Trinajstić information content (AvgIpc) is 4.11. The highest BCUT2D eigenvalue weighted by Crippen LogP contribution is 2.60. The zero-order valence-electron chi connectivity index (χ0n) is 35.2. The molecule has 2 saturated carbocycles. The molecule has 0 unspecified atom stereocenters. The van der Waals surface area contributed by atoms with Crippen LogP contribution in [0, 0.1) is 16.6 Å². The van der Waals surface area contributed by atoms with E-state index in [0.717, 1.165) is 24.1 Å². The molecule has 2 aliphatic carbocycles. The number of hydrogen-bond donors (Lipinski definition) is 1. The van der Waals surface area contributed by atoms with Crippen LogP contribution in [0.5, 0.6) is 0 Å². The van der Waals surface area contributed by atoms with Gasteiger partial charge in [-0.25, -0.2) is 19.2 Å². The smallest absolute Gasteiger partial charge is 0.414 e. The van der Waals surface area contributed by atoms with E-state index in [1.165, 1.54) is 36.5 Å². The van der Waals surface area contributed by atoms with Gasteiger partial charge in [-0.05, 0) is 66.8 Å². The third-order valence-corrected chi connectivity index (χ3v) is 11.8. The molecule has 3 heterocycles. The van der Waals surface area contributed by atoms with E-state index in [4.69, 9.17) is 26.1 Å². The summed E-state index contributed by atoms with van der Waals surface area (Å²) in [6.07, 6.45) is -3.42. The molecule has 0 radical (unpaired) electrons. The maximum Gasteiger partial charge on any atom is 0.414 e. The third kappa shape index (κ3) is 9.44. The molecule has 0 saturated heterocycles. The molecule has 0 bridgehead atoms. The zero-order chi connectivity index (χ0) is 46.5. The van der Waals surface area contributed by atoms with Crippen molar-refractivity contribution in [3.8, 4) is 22.6 Å². The average molecular weight is 926 g/mol. The van der Waals surface area contributed by atoms with Crippen molar-refractivity contribution in [2.75, 3.05) is 6.61 Å². The van der Waals surface area contributed by atoms with Crippen LogP contribution >= 0.6 is 11.6 Å². The molecule has 2 fully saturated rings. The lowest BCUT2D eigenvalue weighted by Crippen LogP contribution is -2.50. The maximum atomic E-state index is 16.9. The highest BCUT2D eigenvalue weighted by molar-refractivity contribution is 6.33. The SMILES string of the molecule is CC(C)(C)C[C@]1(c2ccc(-c3cnn(C4CC4)n3)cc2F)N=C(NC(=O)OCc2ccccc2)N([C@H](COC(=O)CC2(C(F)(F)F)CC2)c2ccc(Cl)c(-c3ncnn3C(F)F)c2)C1=O. The number of aromatic nitrogens is 6. The van der Waals surface area contributed by atoms with Crippen LogP contribution in [0.1, 0.15) is 94.6 Å². The van der Waals surface area contributed by atoms with Crippen molar-refractivity contribution in [2.45, 2.75) is 96.3 Å². The summed E-state index contributed by atoms with van der Waals surface area (Å²) in [5, 5.41) is 14.8. The number of halogens is 7. The first-order valence-electron chi connectivity index (χ1n) is 20.6. The number of rotatable bonds is 14. The molecule has 8 rings (SSSR count). The monoisotopic (exact) mass is 925 g/mol. The number of nitrogens with one attached hydrogen (secondary N) is 1. The second kappa shape index (κ2) is 17.2. The Bertz CT molecular complexity index is 2640. The number of amides is 2. The minimum atomic E-state index is -4.70. The van der Waals surface area contributed by atoms with Crippen LogP contribution in [0.3, 0.4) is 0 Å². The first-order chi connectivity index (χ1) is 30.8. The predicted octanol–water partition coefficient (Wildman–Crippen LogP) is 9.50. The normalized spacial score (nSPS) is 18.7. The number of esters is 1. The number of benzene rings is 3. The number of guanidine groups is 1. The van der Waals surface area contributed by atoms with Gasteiger partial charge in [-0.3, -0.25) is 19.8 Å². The summed E-state index contributed by atoms with van der Waals surface area (Å²) in [5.41, 5.74) is -4.23. The van der Waals surface area contributed by atoms with E-state index in [9.17, 15) is 31.5 Å². The van der Waals surface area contributed by atoms with Crippen molar-refractivity contribution >= 4 is 35.5 Å². The fraction of sp³-hybridized carbons (Fsp3) is 0.409. The molecular formula is C44H42ClF6N9O5. The molecule has 3 aromatic carbocycles. The van der Waals surface area contributed by atoms with Crippen LogP contribution in [-0.4, -0.2) is 71.4 Å². The molecule has 5 aromatic rings. The van der Waals surface area contributed by atoms with Crippen LogP contribution in [0.4, 0.5) is 31.1 Å². The summed E-state index contributed by atoms with van der Waals surface area (Å²) in [6.45, 7) is 1.09. The Morgan fingerprint density at radius 2 is 1.72 bits per heavy atom. The summed E-state index contributed by atoms with van der Waals surface area (Å²) in [7, 11) is 0. The number of aliphatic imine (C=N–C) groups is 1. The van der Waals surface area contributed by atoms with E-state index in [-0.39, 0.29) is 58.3 Å². The van der Waals surface area contributed by atoms with Gasteiger partial charge in [-0.15, -0.1) is 0 Å². The Morgan fingerprint density at radius 1 is 0.985 bits per heavy atom. The quantitative estimate of drug-likeness (QED) is 0.0846. The first-order valence-corrected chi connectivity index (χ1v) is 21.0. The Kier molecular flexibility index (Phi) is 12.0. The Balaban J connectivity index is 1.24. The van der Waals surface area contributed by atoms with E-state index >= 15 is 9.18 Å². The standard InChI is InChI=1S/C44H42ClF6N9O5/c1-41(2,3)23-43(30-13-9-26(18-32(30)46)33-20-53-60(57-33)28-11-12-28)37(62)58(39(56-43)55-40(63)65-21-25-7-5-4-6-8-25)34(22-64-35(61)19-42(15-16-42)44(49,50)51)27-10-14-31(45)29(17-27)36-52-24-54-59(36)38(47)48/h4-10,13-14,17-18,20,24,28,34,38H,11-12,15-16,19,21-23H2,1-3H3,(H,55,56,63)/t34-,43-/m1/s1. The molecule has 342 valence electrons. The van der Waals surface area contributed by atoms with Crippen LogP contribution in [0.25, 0.3) is 22.6 Å². The van der Waals surface area contributed by atoms with Crippen LogP contribution in [-0.2, 0) is 31.2 Å². The van der Waals surface area contributed by atoms with Gasteiger partial charge in [0.1, 0.15) is 31.1 Å². The van der Waals surface area contributed by atoms with Crippen molar-refractivity contribution in [3.63, 3.8) is 0 Å². The van der Waals surface area contributed by atoms with Crippen molar-refractivity contribution < 1.29 is 50.2 Å². The topological polar surface area (TPSA) is 159 Å². The van der Waals surface area contributed by atoms with Crippen molar-refractivity contribution in [3.05, 3.63) is 107 Å². The number of carbonyl (C=O) groups excluding carboxylic acids is 3. The fourth-order valence-corrected chi connectivity index (χ4v) is 8.10. The van der Waals surface area contributed by atoms with Crippen LogP contribution in [0.15, 0.2) is 84.2 Å². The van der Waals surface area contributed by atoms with Crippen LogP contribution in [0.2, 0.25) is 5.02 Å². The number of carbonyl (C=O) groups is 3. The van der Waals surface area contributed by atoms with E-state index < -0.39 is 83.7 Å². The van der Waals surface area contributed by atoms with Gasteiger partial charge >= 0.3 is 24.8 Å². The lowest BCUT2D eigenvalue weighted by Gasteiger charge is -2.35. The molecule has 2 amide bonds. The first kappa shape index (κ1) is 45.3. The van der Waals surface area contributed by atoms with E-state index in [2.05, 4.69) is 25.6 Å². The summed E-state index contributed by atoms with van der Waals surface area (Å²) in [6, 6.07) is 15.2. The van der Waals surface area contributed by atoms with Gasteiger partial charge in [-0.2, -0.15) is 46.7 Å². The van der Waals surface area contributed by atoms with Gasteiger partial charge in [0.15, 0.2) is 11.4 Å². The summed E-state index contributed by atoms with van der Waals surface area (Å²) >= 11 is 6.54. The number of alkyl halides is 5.